The molecule has 2 heterocycles. The summed E-state index contributed by atoms with van der Waals surface area (Å²) in [5.41, 5.74) is 12.5. The van der Waals surface area contributed by atoms with Crippen LogP contribution in [0, 0.1) is 23.7 Å². The summed E-state index contributed by atoms with van der Waals surface area (Å²) in [7, 11) is 0. The maximum absolute atomic E-state index is 9.41. The van der Waals surface area contributed by atoms with Crippen LogP contribution in [0.1, 0.15) is 177 Å². The zero-order chi connectivity index (χ0) is 49.0. The summed E-state index contributed by atoms with van der Waals surface area (Å²) in [5.74, 6) is 14.2. The van der Waals surface area contributed by atoms with Gasteiger partial charge in [-0.25, -0.2) is 0 Å². The molecule has 364 valence electrons. The van der Waals surface area contributed by atoms with Crippen LogP contribution in [0.2, 0.25) is 0 Å². The number of hydrogen-bond acceptors (Lipinski definition) is 5. The second-order valence-corrected chi connectivity index (χ2v) is 21.2. The molecule has 1 aliphatic carbocycles. The highest BCUT2D eigenvalue weighted by atomic mass is 32.1. The zero-order valence-corrected chi connectivity index (χ0v) is 44.4. The molecule has 0 bridgehead atoms. The Morgan fingerprint density at radius 3 is 1.34 bits per heavy atom. The average molecular weight is 965 g/mol. The summed E-state index contributed by atoms with van der Waals surface area (Å²) < 4.78 is 0. The molecule has 0 saturated carbocycles. The van der Waals surface area contributed by atoms with Crippen LogP contribution >= 0.6 is 22.7 Å². The molecule has 0 unspecified atom stereocenters. The van der Waals surface area contributed by atoms with Crippen LogP contribution in [0.25, 0.3) is 35.4 Å². The lowest BCUT2D eigenvalue weighted by Crippen LogP contribution is -2.25. The molecule has 1 N–H and O–H groups in total. The molecule has 6 aromatic rings. The van der Waals surface area contributed by atoms with Crippen molar-refractivity contribution in [2.45, 2.75) is 130 Å². The largest absolute Gasteiger partial charge is 0.395 e. The Morgan fingerprint density at radius 2 is 0.914 bits per heavy atom. The normalized spacial score (nSPS) is 12.4. The van der Waals surface area contributed by atoms with Gasteiger partial charge in [-0.15, -0.1) is 22.7 Å². The van der Waals surface area contributed by atoms with Crippen molar-refractivity contribution in [3.63, 3.8) is 0 Å². The Balaban J connectivity index is 1.05. The third-order valence-corrected chi connectivity index (χ3v) is 15.8. The van der Waals surface area contributed by atoms with Crippen molar-refractivity contribution in [3.05, 3.63) is 162 Å². The summed E-state index contributed by atoms with van der Waals surface area (Å²) in [5, 5.41) is 9.41. The molecule has 3 nitrogen and oxygen atoms in total. The molecule has 2 aromatic heterocycles. The van der Waals surface area contributed by atoms with Crippen molar-refractivity contribution < 1.29 is 5.11 Å². The van der Waals surface area contributed by atoms with Crippen molar-refractivity contribution in [3.8, 4) is 34.8 Å². The number of aliphatic hydroxyl groups excluding tert-OH is 1. The van der Waals surface area contributed by atoms with Gasteiger partial charge in [0.1, 0.15) is 0 Å². The van der Waals surface area contributed by atoms with Crippen molar-refractivity contribution in [2.75, 3.05) is 42.6 Å². The van der Waals surface area contributed by atoms with E-state index in [9.17, 15) is 5.11 Å². The SMILES string of the molecule is CCCCCCN(CCCCCC)c1ccc(/C=C/c2ccc(C#Cc3ccc4c(c3)C(CCCC)(CCCC)c3cc(C#Cc5ccc(/C=C/c6ccc(N(CC)CCO)cc6)s5)ccc3-4)s2)cc1. The van der Waals surface area contributed by atoms with Gasteiger partial charge in [0.15, 0.2) is 0 Å². The van der Waals surface area contributed by atoms with Crippen LogP contribution < -0.4 is 9.80 Å². The van der Waals surface area contributed by atoms with Crippen LogP contribution in [-0.2, 0) is 5.41 Å². The number of aliphatic hydroxyl groups is 1. The molecule has 4 aromatic carbocycles. The molecule has 0 fully saturated rings. The highest BCUT2D eigenvalue weighted by Crippen LogP contribution is 2.54. The predicted molar refractivity (Wildman–Crippen MR) is 309 cm³/mol. The number of anilines is 2. The summed E-state index contributed by atoms with van der Waals surface area (Å²) >= 11 is 3.49. The van der Waals surface area contributed by atoms with Gasteiger partial charge in [-0.2, -0.15) is 0 Å². The molecule has 7 rings (SSSR count). The van der Waals surface area contributed by atoms with E-state index in [1.165, 1.54) is 107 Å². The molecular weight excluding hydrogens is 889 g/mol. The lowest BCUT2D eigenvalue weighted by molar-refractivity contribution is 0.302. The summed E-state index contributed by atoms with van der Waals surface area (Å²) in [6.45, 7) is 15.3. The standard InChI is InChI=1S/C65H76N2OS2/c1-6-11-15-17-45-67(46-18-16-12-7-2)56-31-21-52(22-32-56)24-34-58-38-40-60(70-58)36-26-54-28-42-62-61-41-27-53(49-63(61)65(43-13-8-3,44-14-9-4)64(62)50-54)25-35-59-39-37-57(69-59)33-23-51-19-29-55(30-20-51)66(10-5)47-48-68/h19-24,27-34,37-42,49-50,68H,6-18,43-48H2,1-5H3/b33-23+,34-24+. The van der Waals surface area contributed by atoms with E-state index in [-0.39, 0.29) is 12.0 Å². The van der Waals surface area contributed by atoms with E-state index in [1.54, 1.807) is 22.7 Å². The molecule has 0 spiro atoms. The Bertz CT molecular complexity index is 2730. The third kappa shape index (κ3) is 14.1. The maximum atomic E-state index is 9.41. The van der Waals surface area contributed by atoms with Gasteiger partial charge in [0.25, 0.3) is 0 Å². The van der Waals surface area contributed by atoms with Crippen LogP contribution in [0.3, 0.4) is 0 Å². The van der Waals surface area contributed by atoms with Crippen LogP contribution in [0.5, 0.6) is 0 Å². The first-order valence-electron chi connectivity index (χ1n) is 26.6. The molecule has 0 radical (unpaired) electrons. The second kappa shape index (κ2) is 27.2. The van der Waals surface area contributed by atoms with Gasteiger partial charge in [0.05, 0.1) is 16.4 Å². The number of fused-ring (bicyclic) bond motifs is 3. The van der Waals surface area contributed by atoms with E-state index < -0.39 is 0 Å². The number of nitrogens with zero attached hydrogens (tertiary/aromatic N) is 2. The molecule has 1 aliphatic rings. The first-order valence-corrected chi connectivity index (χ1v) is 28.2. The second-order valence-electron chi connectivity index (χ2n) is 19.0. The van der Waals surface area contributed by atoms with E-state index in [4.69, 9.17) is 0 Å². The fourth-order valence-electron chi connectivity index (χ4n) is 9.93. The molecule has 0 aliphatic heterocycles. The third-order valence-electron chi connectivity index (χ3n) is 13.9. The average Bonchev–Trinajstić information content (AvgIpc) is 4.13. The van der Waals surface area contributed by atoms with Gasteiger partial charge >= 0.3 is 0 Å². The van der Waals surface area contributed by atoms with E-state index >= 15 is 0 Å². The number of likely N-dealkylation sites (N-methyl/N-ethyl adjacent to an activating group) is 1. The fourth-order valence-corrected chi connectivity index (χ4v) is 11.5. The van der Waals surface area contributed by atoms with Crippen molar-refractivity contribution in [2.24, 2.45) is 0 Å². The van der Waals surface area contributed by atoms with Crippen molar-refractivity contribution in [1.82, 2.24) is 0 Å². The lowest BCUT2D eigenvalue weighted by Gasteiger charge is -2.33. The Kier molecular flexibility index (Phi) is 20.3. The monoisotopic (exact) mass is 965 g/mol. The summed E-state index contributed by atoms with van der Waals surface area (Å²) in [6, 6.07) is 40.3. The first kappa shape index (κ1) is 52.3. The van der Waals surface area contributed by atoms with E-state index in [0.717, 1.165) is 77.4 Å². The molecule has 70 heavy (non-hydrogen) atoms. The van der Waals surface area contributed by atoms with Crippen molar-refractivity contribution in [1.29, 1.82) is 0 Å². The lowest BCUT2D eigenvalue weighted by atomic mass is 9.70. The van der Waals surface area contributed by atoms with Gasteiger partial charge < -0.3 is 14.9 Å². The van der Waals surface area contributed by atoms with Crippen LogP contribution in [-0.4, -0.2) is 37.9 Å². The van der Waals surface area contributed by atoms with E-state index in [0.29, 0.717) is 6.54 Å². The van der Waals surface area contributed by atoms with E-state index in [2.05, 4.69) is 202 Å². The summed E-state index contributed by atoms with van der Waals surface area (Å²) in [4.78, 5) is 9.34. The maximum Gasteiger partial charge on any atom is 0.0778 e. The number of rotatable bonds is 25. The number of unbranched alkanes of at least 4 members (excludes halogenated alkanes) is 8. The molecule has 5 heteroatoms. The van der Waals surface area contributed by atoms with Gasteiger partial charge in [0.2, 0.25) is 0 Å². The van der Waals surface area contributed by atoms with Gasteiger partial charge in [-0.1, -0.05) is 164 Å². The Hall–Kier alpha value is -5.56. The van der Waals surface area contributed by atoms with Gasteiger partial charge in [-0.05, 0) is 151 Å². The van der Waals surface area contributed by atoms with Crippen molar-refractivity contribution >= 4 is 58.4 Å². The van der Waals surface area contributed by atoms with Gasteiger partial charge in [0, 0.05) is 63.8 Å². The fraction of sp³-hybridized carbons (Fsp3) is 0.385. The first-order chi connectivity index (χ1) is 34.4. The Morgan fingerprint density at radius 1 is 0.457 bits per heavy atom. The number of thiophene rings is 2. The quantitative estimate of drug-likeness (QED) is 0.0457. The zero-order valence-electron chi connectivity index (χ0n) is 42.8. The van der Waals surface area contributed by atoms with Crippen LogP contribution in [0.4, 0.5) is 11.4 Å². The smallest absolute Gasteiger partial charge is 0.0778 e. The minimum atomic E-state index is -0.0561. The number of hydrogen-bond donors (Lipinski definition) is 1. The molecular formula is C65H76N2OS2. The molecule has 0 amide bonds. The highest BCUT2D eigenvalue weighted by molar-refractivity contribution is 7.13. The molecule has 0 saturated heterocycles. The van der Waals surface area contributed by atoms with Gasteiger partial charge in [-0.3, -0.25) is 0 Å². The predicted octanol–water partition coefficient (Wildman–Crippen LogP) is 17.4. The minimum Gasteiger partial charge on any atom is -0.395 e. The Labute approximate surface area is 430 Å². The summed E-state index contributed by atoms with van der Waals surface area (Å²) in [6.07, 6.45) is 26.1. The topological polar surface area (TPSA) is 26.7 Å². The number of benzene rings is 4. The van der Waals surface area contributed by atoms with E-state index in [1.807, 2.05) is 0 Å². The van der Waals surface area contributed by atoms with Crippen LogP contribution in [0.15, 0.2) is 109 Å². The minimum absolute atomic E-state index is 0.0561. The highest BCUT2D eigenvalue weighted by Gasteiger charge is 2.42. The molecule has 0 atom stereocenters.